The monoisotopic (exact) mass is 163 g/mol. The van der Waals surface area contributed by atoms with Crippen molar-refractivity contribution in [3.63, 3.8) is 0 Å². The maximum Gasteiger partial charge on any atom is 0.272 e. The fraction of sp³-hybridized carbons (Fsp3) is 0. The SMILES string of the molecule is O=c1cc2c(=O)[nH]ncc2c[nH]1. The molecular formula is C7H5N3O2. The highest BCUT2D eigenvalue weighted by atomic mass is 16.1. The molecule has 60 valence electrons. The van der Waals surface area contributed by atoms with Crippen LogP contribution in [-0.2, 0) is 0 Å². The van der Waals surface area contributed by atoms with Gasteiger partial charge in [0.2, 0.25) is 5.56 Å². The minimum absolute atomic E-state index is 0.292. The summed E-state index contributed by atoms with van der Waals surface area (Å²) >= 11 is 0. The Morgan fingerprint density at radius 2 is 2.17 bits per heavy atom. The number of hydrogen-bond acceptors (Lipinski definition) is 3. The van der Waals surface area contributed by atoms with Crippen LogP contribution < -0.4 is 11.1 Å². The summed E-state index contributed by atoms with van der Waals surface area (Å²) in [6, 6.07) is 1.25. The van der Waals surface area contributed by atoms with E-state index in [0.29, 0.717) is 10.8 Å². The zero-order valence-electron chi connectivity index (χ0n) is 6.00. The third-order valence-electron chi connectivity index (χ3n) is 1.57. The van der Waals surface area contributed by atoms with Crippen molar-refractivity contribution in [2.45, 2.75) is 0 Å². The van der Waals surface area contributed by atoms with Crippen molar-refractivity contribution in [2.24, 2.45) is 0 Å². The molecule has 0 aliphatic carbocycles. The van der Waals surface area contributed by atoms with Crippen LogP contribution in [0.25, 0.3) is 10.8 Å². The fourth-order valence-electron chi connectivity index (χ4n) is 1.01. The van der Waals surface area contributed by atoms with Gasteiger partial charge in [-0.25, -0.2) is 5.10 Å². The topological polar surface area (TPSA) is 78.6 Å². The second-order valence-electron chi connectivity index (χ2n) is 2.37. The van der Waals surface area contributed by atoms with Crippen LogP contribution in [0.1, 0.15) is 0 Å². The minimum Gasteiger partial charge on any atom is -0.328 e. The van der Waals surface area contributed by atoms with Crippen molar-refractivity contribution in [1.29, 1.82) is 0 Å². The Labute approximate surface area is 66.1 Å². The van der Waals surface area contributed by atoms with Crippen molar-refractivity contribution in [2.75, 3.05) is 0 Å². The van der Waals surface area contributed by atoms with E-state index in [-0.39, 0.29) is 11.1 Å². The van der Waals surface area contributed by atoms with Gasteiger partial charge >= 0.3 is 0 Å². The molecule has 0 aliphatic heterocycles. The lowest BCUT2D eigenvalue weighted by Gasteiger charge is -1.91. The van der Waals surface area contributed by atoms with Crippen molar-refractivity contribution in [3.05, 3.63) is 39.2 Å². The number of fused-ring (bicyclic) bond motifs is 1. The standard InChI is InChI=1S/C7H5N3O2/c11-6-1-5-4(2-8-6)3-9-10-7(5)12/h1-3H,(H,8,11)(H,10,12). The lowest BCUT2D eigenvalue weighted by Crippen LogP contribution is -2.12. The van der Waals surface area contributed by atoms with Crippen LogP contribution in [0.15, 0.2) is 28.0 Å². The molecule has 2 heterocycles. The summed E-state index contributed by atoms with van der Waals surface area (Å²) in [5, 5.41) is 6.80. The van der Waals surface area contributed by atoms with Gasteiger partial charge in [0.15, 0.2) is 0 Å². The Kier molecular flexibility index (Phi) is 1.30. The molecule has 0 aromatic carbocycles. The van der Waals surface area contributed by atoms with Crippen LogP contribution in [0.2, 0.25) is 0 Å². The highest BCUT2D eigenvalue weighted by molar-refractivity contribution is 5.78. The van der Waals surface area contributed by atoms with E-state index in [9.17, 15) is 9.59 Å². The maximum atomic E-state index is 11.1. The summed E-state index contributed by atoms with van der Waals surface area (Å²) in [4.78, 5) is 24.3. The second kappa shape index (κ2) is 2.30. The van der Waals surface area contributed by atoms with Gasteiger partial charge in [-0.15, -0.1) is 0 Å². The lowest BCUT2D eigenvalue weighted by atomic mass is 10.2. The molecule has 0 amide bonds. The third kappa shape index (κ3) is 0.914. The molecule has 0 radical (unpaired) electrons. The van der Waals surface area contributed by atoms with Crippen LogP contribution in [0, 0.1) is 0 Å². The number of hydrogen-bond donors (Lipinski definition) is 2. The van der Waals surface area contributed by atoms with E-state index < -0.39 is 0 Å². The highest BCUT2D eigenvalue weighted by Gasteiger charge is 1.97. The summed E-state index contributed by atoms with van der Waals surface area (Å²) in [5.74, 6) is 0. The fourth-order valence-corrected chi connectivity index (χ4v) is 1.01. The van der Waals surface area contributed by atoms with Crippen LogP contribution in [0.5, 0.6) is 0 Å². The van der Waals surface area contributed by atoms with Gasteiger partial charge in [0.1, 0.15) is 0 Å². The van der Waals surface area contributed by atoms with Gasteiger partial charge in [0, 0.05) is 17.6 Å². The molecule has 2 rings (SSSR count). The molecule has 0 aliphatic rings. The smallest absolute Gasteiger partial charge is 0.272 e. The zero-order chi connectivity index (χ0) is 8.55. The van der Waals surface area contributed by atoms with E-state index in [4.69, 9.17) is 0 Å². The number of aromatic nitrogens is 3. The normalized spacial score (nSPS) is 10.3. The molecule has 0 spiro atoms. The molecule has 2 aromatic rings. The van der Waals surface area contributed by atoms with Gasteiger partial charge < -0.3 is 4.98 Å². The molecule has 2 N–H and O–H groups in total. The van der Waals surface area contributed by atoms with E-state index in [0.717, 1.165) is 0 Å². The summed E-state index contributed by atoms with van der Waals surface area (Å²) in [6.45, 7) is 0. The molecule has 0 bridgehead atoms. The van der Waals surface area contributed by atoms with Gasteiger partial charge in [0.05, 0.1) is 11.6 Å². The summed E-state index contributed by atoms with van der Waals surface area (Å²) in [7, 11) is 0. The maximum absolute atomic E-state index is 11.1. The first-order chi connectivity index (χ1) is 5.77. The van der Waals surface area contributed by atoms with E-state index in [1.807, 2.05) is 0 Å². The average Bonchev–Trinajstić information content (AvgIpc) is 2.07. The quantitative estimate of drug-likeness (QED) is 0.555. The molecule has 5 heteroatoms. The van der Waals surface area contributed by atoms with E-state index in [1.54, 1.807) is 0 Å². The molecule has 2 aromatic heterocycles. The van der Waals surface area contributed by atoms with Crippen molar-refractivity contribution in [1.82, 2.24) is 15.2 Å². The molecule has 0 saturated carbocycles. The van der Waals surface area contributed by atoms with Gasteiger partial charge in [-0.2, -0.15) is 5.10 Å². The summed E-state index contributed by atoms with van der Waals surface area (Å²) < 4.78 is 0. The second-order valence-corrected chi connectivity index (χ2v) is 2.37. The van der Waals surface area contributed by atoms with Gasteiger partial charge in [0.25, 0.3) is 5.56 Å². The van der Waals surface area contributed by atoms with Gasteiger partial charge in [-0.3, -0.25) is 9.59 Å². The van der Waals surface area contributed by atoms with Crippen LogP contribution >= 0.6 is 0 Å². The number of pyridine rings is 1. The Morgan fingerprint density at radius 3 is 3.00 bits per heavy atom. The third-order valence-corrected chi connectivity index (χ3v) is 1.57. The molecule has 5 nitrogen and oxygen atoms in total. The molecule has 0 unspecified atom stereocenters. The summed E-state index contributed by atoms with van der Waals surface area (Å²) in [5.41, 5.74) is -0.641. The van der Waals surface area contributed by atoms with Crippen LogP contribution in [0.3, 0.4) is 0 Å². The molecule has 0 atom stereocenters. The molecule has 12 heavy (non-hydrogen) atoms. The van der Waals surface area contributed by atoms with E-state index in [1.165, 1.54) is 18.5 Å². The first-order valence-electron chi connectivity index (χ1n) is 3.33. The largest absolute Gasteiger partial charge is 0.328 e. The number of H-pyrrole nitrogens is 2. The first-order valence-corrected chi connectivity index (χ1v) is 3.33. The molecule has 0 fully saturated rings. The average molecular weight is 163 g/mol. The predicted octanol–water partition coefficient (Wildman–Crippen LogP) is -0.389. The summed E-state index contributed by atoms with van der Waals surface area (Å²) in [6.07, 6.45) is 2.94. The van der Waals surface area contributed by atoms with E-state index in [2.05, 4.69) is 15.2 Å². The number of nitrogens with one attached hydrogen (secondary N) is 2. The van der Waals surface area contributed by atoms with Gasteiger partial charge in [-0.05, 0) is 0 Å². The van der Waals surface area contributed by atoms with E-state index >= 15 is 0 Å². The lowest BCUT2D eigenvalue weighted by molar-refractivity contribution is 1.01. The Hall–Kier alpha value is -1.91. The first kappa shape index (κ1) is 6.78. The number of nitrogens with zero attached hydrogens (tertiary/aromatic N) is 1. The Morgan fingerprint density at radius 1 is 1.33 bits per heavy atom. The predicted molar refractivity (Wildman–Crippen MR) is 43.0 cm³/mol. The minimum atomic E-state index is -0.349. The van der Waals surface area contributed by atoms with Gasteiger partial charge in [-0.1, -0.05) is 0 Å². The zero-order valence-corrected chi connectivity index (χ0v) is 6.00. The number of rotatable bonds is 0. The van der Waals surface area contributed by atoms with Crippen molar-refractivity contribution >= 4 is 10.8 Å². The Bertz CT molecular complexity index is 526. The Balaban J connectivity index is 3.08. The molecular weight excluding hydrogens is 158 g/mol. The highest BCUT2D eigenvalue weighted by Crippen LogP contribution is 1.99. The molecule has 0 saturated heterocycles. The number of aromatic amines is 2. The van der Waals surface area contributed by atoms with Crippen molar-refractivity contribution in [3.8, 4) is 0 Å². The van der Waals surface area contributed by atoms with Crippen LogP contribution in [-0.4, -0.2) is 15.2 Å². The van der Waals surface area contributed by atoms with Crippen molar-refractivity contribution < 1.29 is 0 Å². The van der Waals surface area contributed by atoms with Crippen LogP contribution in [0.4, 0.5) is 0 Å².